The number of carbonyl (C=O) groups excluding carboxylic acids is 1. The van der Waals surface area contributed by atoms with Gasteiger partial charge >= 0.3 is 0 Å². The summed E-state index contributed by atoms with van der Waals surface area (Å²) in [5.74, 6) is -0.196. The first kappa shape index (κ1) is 7.08. The van der Waals surface area contributed by atoms with Crippen molar-refractivity contribution in [3.05, 3.63) is 0 Å². The van der Waals surface area contributed by atoms with Crippen LogP contribution >= 0.6 is 0 Å². The fourth-order valence-corrected chi connectivity index (χ4v) is 0.748. The fraction of sp³-hybridized carbons (Fsp3) is 0.500. The van der Waals surface area contributed by atoms with Crippen LogP contribution in [0, 0.1) is 0 Å². The van der Waals surface area contributed by atoms with Crippen molar-refractivity contribution in [2.24, 2.45) is 9.98 Å². The molecule has 10 heavy (non-hydrogen) atoms. The number of aliphatic hydroxyl groups excluding tert-OH is 1. The quantitative estimate of drug-likeness (QED) is 0.529. The van der Waals surface area contributed by atoms with Gasteiger partial charge in [-0.15, -0.1) is 0 Å². The zero-order valence-corrected chi connectivity index (χ0v) is 5.61. The maximum atomic E-state index is 10.7. The second-order valence-corrected chi connectivity index (χ2v) is 2.02. The van der Waals surface area contributed by atoms with Gasteiger partial charge in [-0.05, 0) is 0 Å². The lowest BCUT2D eigenvalue weighted by Gasteiger charge is -2.08. The molecule has 0 aromatic heterocycles. The molecule has 1 atom stereocenters. The van der Waals surface area contributed by atoms with E-state index in [-0.39, 0.29) is 18.2 Å². The van der Waals surface area contributed by atoms with Crippen molar-refractivity contribution >= 4 is 17.7 Å². The molecular formula is C6H8N2O2. The Hall–Kier alpha value is -1.03. The van der Waals surface area contributed by atoms with Gasteiger partial charge in [-0.1, -0.05) is 0 Å². The van der Waals surface area contributed by atoms with Gasteiger partial charge in [-0.25, -0.2) is 0 Å². The summed E-state index contributed by atoms with van der Waals surface area (Å²) < 4.78 is 0. The van der Waals surface area contributed by atoms with Crippen LogP contribution in [-0.4, -0.2) is 35.6 Å². The molecule has 0 amide bonds. The first-order valence-corrected chi connectivity index (χ1v) is 2.95. The number of ketones is 1. The van der Waals surface area contributed by atoms with E-state index in [2.05, 4.69) is 9.98 Å². The van der Waals surface area contributed by atoms with Crippen molar-refractivity contribution in [1.82, 2.24) is 0 Å². The summed E-state index contributed by atoms with van der Waals surface area (Å²) >= 11 is 0. The molecule has 1 aliphatic heterocycles. The van der Waals surface area contributed by atoms with Crippen LogP contribution in [0.15, 0.2) is 9.98 Å². The molecule has 0 saturated carbocycles. The number of Topliss-reactive ketones (excluding diaryl/α,β-unsaturated/α-hetero) is 1. The predicted molar refractivity (Wildman–Crippen MR) is 37.5 cm³/mol. The third kappa shape index (κ3) is 1.27. The molecule has 4 nitrogen and oxygen atoms in total. The Bertz CT molecular complexity index is 208. The maximum absolute atomic E-state index is 10.7. The van der Waals surface area contributed by atoms with Crippen LogP contribution < -0.4 is 0 Å². The first-order chi connectivity index (χ1) is 4.72. The first-order valence-electron chi connectivity index (χ1n) is 2.95. The van der Waals surface area contributed by atoms with E-state index in [9.17, 15) is 4.79 Å². The summed E-state index contributed by atoms with van der Waals surface area (Å²) in [6.07, 6.45) is 0.426. The summed E-state index contributed by atoms with van der Waals surface area (Å²) in [5, 5.41) is 9.04. The van der Waals surface area contributed by atoms with Crippen molar-refractivity contribution in [2.45, 2.75) is 13.0 Å². The Morgan fingerprint density at radius 1 is 1.90 bits per heavy atom. The molecular weight excluding hydrogens is 132 g/mol. The number of aliphatic imine (C=N–C) groups is 2. The molecule has 0 saturated heterocycles. The van der Waals surface area contributed by atoms with Crippen LogP contribution in [0.4, 0.5) is 0 Å². The van der Waals surface area contributed by atoms with Gasteiger partial charge in [0.15, 0.2) is 5.78 Å². The largest absolute Gasteiger partial charge is 0.381 e. The number of aliphatic hydroxyl groups is 1. The molecule has 0 radical (unpaired) electrons. The van der Waals surface area contributed by atoms with Crippen LogP contribution in [0.25, 0.3) is 0 Å². The number of hydrogen-bond donors (Lipinski definition) is 1. The van der Waals surface area contributed by atoms with Gasteiger partial charge in [0.1, 0.15) is 18.5 Å². The Morgan fingerprint density at radius 2 is 2.60 bits per heavy atom. The lowest BCUT2D eigenvalue weighted by molar-refractivity contribution is -0.111. The summed E-state index contributed by atoms with van der Waals surface area (Å²) in [4.78, 5) is 18.1. The minimum Gasteiger partial charge on any atom is -0.381 e. The fourth-order valence-electron chi connectivity index (χ4n) is 0.748. The van der Waals surface area contributed by atoms with Crippen molar-refractivity contribution < 1.29 is 9.90 Å². The van der Waals surface area contributed by atoms with Gasteiger partial charge in [-0.3, -0.25) is 14.8 Å². The van der Waals surface area contributed by atoms with Crippen LogP contribution in [0.5, 0.6) is 0 Å². The van der Waals surface area contributed by atoms with Crippen LogP contribution in [0.3, 0.4) is 0 Å². The van der Waals surface area contributed by atoms with Crippen LogP contribution in [0.2, 0.25) is 0 Å². The molecule has 1 rings (SSSR count). The highest BCUT2D eigenvalue weighted by atomic mass is 16.3. The van der Waals surface area contributed by atoms with Crippen molar-refractivity contribution in [2.75, 3.05) is 6.67 Å². The highest BCUT2D eigenvalue weighted by molar-refractivity contribution is 6.43. The Labute approximate surface area is 58.3 Å². The minimum atomic E-state index is -0.897. The Balaban J connectivity index is 2.76. The Kier molecular flexibility index (Phi) is 1.91. The number of carbonyl (C=O) groups is 1. The SMILES string of the molecule is CC(=O)C1=NCN=CC1O. The zero-order valence-electron chi connectivity index (χ0n) is 5.61. The van der Waals surface area contributed by atoms with Gasteiger partial charge in [0.2, 0.25) is 0 Å². The standard InChI is InChI=1S/C6H8N2O2/c1-4(9)6-5(10)2-7-3-8-6/h2,5,10H,3H2,1H3. The van der Waals surface area contributed by atoms with E-state index in [0.717, 1.165) is 0 Å². The molecule has 1 aliphatic rings. The summed E-state index contributed by atoms with van der Waals surface area (Å²) in [6.45, 7) is 1.63. The normalized spacial score (nSPS) is 24.2. The molecule has 54 valence electrons. The molecule has 4 heteroatoms. The average Bonchev–Trinajstić information content (AvgIpc) is 1.88. The lowest BCUT2D eigenvalue weighted by atomic mass is 10.1. The van der Waals surface area contributed by atoms with E-state index < -0.39 is 6.10 Å². The monoisotopic (exact) mass is 140 g/mol. The lowest BCUT2D eigenvalue weighted by Crippen LogP contribution is -2.30. The third-order valence-electron chi connectivity index (χ3n) is 1.21. The smallest absolute Gasteiger partial charge is 0.176 e. The van der Waals surface area contributed by atoms with Gasteiger partial charge < -0.3 is 5.11 Å². The average molecular weight is 140 g/mol. The summed E-state index contributed by atoms with van der Waals surface area (Å²) in [6, 6.07) is 0. The number of nitrogens with zero attached hydrogens (tertiary/aromatic N) is 2. The van der Waals surface area contributed by atoms with Gasteiger partial charge in [-0.2, -0.15) is 0 Å². The minimum absolute atomic E-state index is 0.196. The maximum Gasteiger partial charge on any atom is 0.176 e. The van der Waals surface area contributed by atoms with Gasteiger partial charge in [0.25, 0.3) is 0 Å². The van der Waals surface area contributed by atoms with Gasteiger partial charge in [0.05, 0.1) is 0 Å². The molecule has 0 fully saturated rings. The molecule has 0 aromatic rings. The summed E-state index contributed by atoms with van der Waals surface area (Å²) in [7, 11) is 0. The Morgan fingerprint density at radius 3 is 3.00 bits per heavy atom. The van der Waals surface area contributed by atoms with E-state index in [1.807, 2.05) is 0 Å². The van der Waals surface area contributed by atoms with Gasteiger partial charge in [0, 0.05) is 13.1 Å². The topological polar surface area (TPSA) is 62.0 Å². The molecule has 1 unspecified atom stereocenters. The van der Waals surface area contributed by atoms with E-state index in [1.54, 1.807) is 0 Å². The second-order valence-electron chi connectivity index (χ2n) is 2.02. The zero-order chi connectivity index (χ0) is 7.56. The highest BCUT2D eigenvalue weighted by Gasteiger charge is 2.16. The van der Waals surface area contributed by atoms with Crippen molar-refractivity contribution in [3.8, 4) is 0 Å². The second kappa shape index (κ2) is 2.70. The molecule has 1 N–H and O–H groups in total. The van der Waals surface area contributed by atoms with E-state index >= 15 is 0 Å². The highest BCUT2D eigenvalue weighted by Crippen LogP contribution is 1.94. The van der Waals surface area contributed by atoms with E-state index in [1.165, 1.54) is 13.1 Å². The molecule has 0 aromatic carbocycles. The summed E-state index contributed by atoms with van der Waals surface area (Å²) in [5.41, 5.74) is 0.204. The molecule has 0 aliphatic carbocycles. The third-order valence-corrected chi connectivity index (χ3v) is 1.21. The van der Waals surface area contributed by atoms with E-state index in [0.29, 0.717) is 0 Å². The predicted octanol–water partition coefficient (Wildman–Crippen LogP) is -0.581. The van der Waals surface area contributed by atoms with Crippen molar-refractivity contribution in [3.63, 3.8) is 0 Å². The molecule has 0 spiro atoms. The number of rotatable bonds is 1. The van der Waals surface area contributed by atoms with Crippen molar-refractivity contribution in [1.29, 1.82) is 0 Å². The van der Waals surface area contributed by atoms with Crippen LogP contribution in [0.1, 0.15) is 6.92 Å². The number of hydrogen-bond acceptors (Lipinski definition) is 4. The molecule has 1 heterocycles. The van der Waals surface area contributed by atoms with Crippen LogP contribution in [-0.2, 0) is 4.79 Å². The van der Waals surface area contributed by atoms with E-state index in [4.69, 9.17) is 5.11 Å². The molecule has 0 bridgehead atoms.